The van der Waals surface area contributed by atoms with Gasteiger partial charge in [0.25, 0.3) is 0 Å². The molecule has 0 radical (unpaired) electrons. The van der Waals surface area contributed by atoms with Gasteiger partial charge in [-0.2, -0.15) is 0 Å². The number of fused-ring (bicyclic) bond motifs is 4. The van der Waals surface area contributed by atoms with Crippen molar-refractivity contribution in [2.24, 2.45) is 34.0 Å². The standard InChI is InChI=1S/C35H48O10/c1-9-17(3)31(38)45-25-15-24(43-19(5)36)33(6)16-42-28-29(33)34(25,7)23-14-26(40-10-2)44-22-13-21(20-11-12-41-32(20)39)18(4)27(22)35(23,8)30(28)37/h9,11,21-26,28-30,37H,10,12-16H2,1-8H3/b17-9+/t21-,22+,23-,24-,25+,26-,28-,29+,30-,33-,34+,35-/m1/s1. The molecule has 3 aliphatic heterocycles. The lowest BCUT2D eigenvalue weighted by atomic mass is 9.39. The first-order chi connectivity index (χ1) is 21.2. The van der Waals surface area contributed by atoms with E-state index in [0.717, 1.165) is 11.1 Å². The van der Waals surface area contributed by atoms with E-state index in [-0.39, 0.29) is 30.3 Å². The maximum Gasteiger partial charge on any atom is 0.334 e. The van der Waals surface area contributed by atoms with Crippen LogP contribution >= 0.6 is 0 Å². The van der Waals surface area contributed by atoms with Gasteiger partial charge >= 0.3 is 17.9 Å². The molecule has 248 valence electrons. The molecule has 45 heavy (non-hydrogen) atoms. The number of esters is 3. The Morgan fingerprint density at radius 1 is 1.11 bits per heavy atom. The Morgan fingerprint density at radius 3 is 2.47 bits per heavy atom. The van der Waals surface area contributed by atoms with Crippen molar-refractivity contribution >= 4 is 17.9 Å². The molecule has 10 nitrogen and oxygen atoms in total. The summed E-state index contributed by atoms with van der Waals surface area (Å²) < 4.78 is 37.2. The molecule has 12 atom stereocenters. The Morgan fingerprint density at radius 2 is 1.84 bits per heavy atom. The number of allylic oxidation sites excluding steroid dienone is 2. The smallest absolute Gasteiger partial charge is 0.334 e. The Labute approximate surface area is 265 Å². The number of aliphatic hydroxyl groups excluding tert-OH is 1. The van der Waals surface area contributed by atoms with E-state index >= 15 is 0 Å². The molecule has 0 unspecified atom stereocenters. The molecule has 6 aliphatic rings. The van der Waals surface area contributed by atoms with Crippen LogP contribution in [0.2, 0.25) is 0 Å². The molecule has 3 heterocycles. The lowest BCUT2D eigenvalue weighted by molar-refractivity contribution is -0.260. The van der Waals surface area contributed by atoms with E-state index < -0.39 is 65.0 Å². The van der Waals surface area contributed by atoms with E-state index in [9.17, 15) is 19.5 Å². The number of aliphatic hydroxyl groups is 1. The molecule has 0 aromatic carbocycles. The van der Waals surface area contributed by atoms with Gasteiger partial charge in [0.1, 0.15) is 18.8 Å². The minimum absolute atomic E-state index is 0.212. The average Bonchev–Trinajstić information content (AvgIpc) is 3.64. The van der Waals surface area contributed by atoms with E-state index in [4.69, 9.17) is 28.4 Å². The van der Waals surface area contributed by atoms with Crippen LogP contribution in [-0.4, -0.2) is 79.6 Å². The molecule has 2 saturated heterocycles. The summed E-state index contributed by atoms with van der Waals surface area (Å²) in [7, 11) is 0. The minimum Gasteiger partial charge on any atom is -0.462 e. The lowest BCUT2D eigenvalue weighted by Gasteiger charge is -2.66. The van der Waals surface area contributed by atoms with Gasteiger partial charge in [-0.3, -0.25) is 4.79 Å². The summed E-state index contributed by atoms with van der Waals surface area (Å²) in [5, 5.41) is 12.6. The number of cyclic esters (lactones) is 1. The van der Waals surface area contributed by atoms with Crippen LogP contribution < -0.4 is 0 Å². The van der Waals surface area contributed by atoms with Crippen LogP contribution in [0.1, 0.15) is 74.7 Å². The van der Waals surface area contributed by atoms with Gasteiger partial charge in [-0.05, 0) is 51.7 Å². The highest BCUT2D eigenvalue weighted by Crippen LogP contribution is 2.72. The summed E-state index contributed by atoms with van der Waals surface area (Å²) in [6, 6.07) is 0. The van der Waals surface area contributed by atoms with Crippen molar-refractivity contribution in [1.29, 1.82) is 0 Å². The molecule has 4 fully saturated rings. The molecule has 0 spiro atoms. The van der Waals surface area contributed by atoms with E-state index in [1.54, 1.807) is 19.9 Å². The third-order valence-electron chi connectivity index (χ3n) is 12.4. The third kappa shape index (κ3) is 4.60. The molecule has 0 amide bonds. The molecular formula is C35H48O10. The molecule has 0 aromatic heterocycles. The van der Waals surface area contributed by atoms with Crippen molar-refractivity contribution in [1.82, 2.24) is 0 Å². The van der Waals surface area contributed by atoms with Gasteiger partial charge in [0.15, 0.2) is 6.29 Å². The van der Waals surface area contributed by atoms with Crippen LogP contribution in [0.3, 0.4) is 0 Å². The number of hydrogen-bond donors (Lipinski definition) is 1. The summed E-state index contributed by atoms with van der Waals surface area (Å²) in [5.41, 5.74) is 0.798. The monoisotopic (exact) mass is 628 g/mol. The fourth-order valence-corrected chi connectivity index (χ4v) is 10.4. The SMILES string of the molecule is C/C=C(\C)C(=O)O[C@H]1C[C@@H](OC(C)=O)[C@@]2(C)CO[C@H]3[C@@H](O)[C@@]4(C)C5=C(C)[C@H](C6=CCOC6=O)C[C@@H]5O[C@@H](OCC)C[C@@H]4[C@]1(C)[C@@H]32. The van der Waals surface area contributed by atoms with Crippen molar-refractivity contribution in [3.05, 3.63) is 34.4 Å². The Bertz CT molecular complexity index is 1360. The highest BCUT2D eigenvalue weighted by atomic mass is 16.7. The van der Waals surface area contributed by atoms with E-state index in [1.807, 2.05) is 19.9 Å². The van der Waals surface area contributed by atoms with Gasteiger partial charge in [-0.1, -0.05) is 32.4 Å². The zero-order valence-electron chi connectivity index (χ0n) is 27.7. The van der Waals surface area contributed by atoms with Crippen molar-refractivity contribution in [3.8, 4) is 0 Å². The lowest BCUT2D eigenvalue weighted by Crippen LogP contribution is -2.71. The van der Waals surface area contributed by atoms with Crippen LogP contribution in [0.25, 0.3) is 0 Å². The number of hydrogen-bond acceptors (Lipinski definition) is 10. The molecule has 2 saturated carbocycles. The predicted molar refractivity (Wildman–Crippen MR) is 161 cm³/mol. The molecule has 3 aliphatic carbocycles. The molecule has 1 N–H and O–H groups in total. The van der Waals surface area contributed by atoms with Crippen LogP contribution in [0.15, 0.2) is 34.4 Å². The quantitative estimate of drug-likeness (QED) is 0.198. The largest absolute Gasteiger partial charge is 0.462 e. The Hall–Kier alpha value is -2.53. The van der Waals surface area contributed by atoms with Crippen molar-refractivity contribution in [2.75, 3.05) is 19.8 Å². The zero-order valence-corrected chi connectivity index (χ0v) is 27.7. The van der Waals surface area contributed by atoms with Crippen LogP contribution in [0, 0.1) is 34.0 Å². The van der Waals surface area contributed by atoms with Crippen LogP contribution in [0.5, 0.6) is 0 Å². The summed E-state index contributed by atoms with van der Waals surface area (Å²) in [4.78, 5) is 38.6. The van der Waals surface area contributed by atoms with Crippen molar-refractivity contribution < 1.29 is 47.9 Å². The Balaban J connectivity index is 1.55. The maximum absolute atomic E-state index is 13.5. The average molecular weight is 629 g/mol. The second kappa shape index (κ2) is 11.3. The summed E-state index contributed by atoms with van der Waals surface area (Å²) in [5.74, 6) is -1.98. The van der Waals surface area contributed by atoms with Gasteiger partial charge in [0.2, 0.25) is 0 Å². The van der Waals surface area contributed by atoms with E-state index in [0.29, 0.717) is 43.6 Å². The van der Waals surface area contributed by atoms with E-state index in [2.05, 4.69) is 20.8 Å². The predicted octanol–water partition coefficient (Wildman–Crippen LogP) is 4.20. The molecular weight excluding hydrogens is 580 g/mol. The Kier molecular flexibility index (Phi) is 8.15. The number of rotatable bonds is 6. The maximum atomic E-state index is 13.5. The summed E-state index contributed by atoms with van der Waals surface area (Å²) in [6.45, 7) is 16.1. The molecule has 0 aromatic rings. The van der Waals surface area contributed by atoms with E-state index in [1.165, 1.54) is 6.92 Å². The van der Waals surface area contributed by atoms with Crippen LogP contribution in [0.4, 0.5) is 0 Å². The van der Waals surface area contributed by atoms with Crippen molar-refractivity contribution in [3.63, 3.8) is 0 Å². The first kappa shape index (κ1) is 32.4. The molecule has 6 rings (SSSR count). The first-order valence-corrected chi connectivity index (χ1v) is 16.4. The first-order valence-electron chi connectivity index (χ1n) is 16.4. The number of ether oxygens (including phenoxy) is 6. The van der Waals surface area contributed by atoms with Gasteiger partial charge in [0.05, 0.1) is 24.9 Å². The topological polar surface area (TPSA) is 127 Å². The second-order valence-corrected chi connectivity index (χ2v) is 14.5. The zero-order chi connectivity index (χ0) is 32.6. The number of carbonyl (C=O) groups is 3. The highest BCUT2D eigenvalue weighted by molar-refractivity contribution is 5.92. The van der Waals surface area contributed by atoms with Gasteiger partial charge in [0, 0.05) is 65.6 Å². The minimum atomic E-state index is -0.952. The summed E-state index contributed by atoms with van der Waals surface area (Å²) in [6.07, 6.45) is 1.06. The molecule has 0 bridgehead atoms. The summed E-state index contributed by atoms with van der Waals surface area (Å²) >= 11 is 0. The van der Waals surface area contributed by atoms with Crippen LogP contribution in [-0.2, 0) is 42.8 Å². The van der Waals surface area contributed by atoms with Crippen molar-refractivity contribution in [2.45, 2.75) is 111 Å². The fourth-order valence-electron chi connectivity index (χ4n) is 10.4. The van der Waals surface area contributed by atoms with Gasteiger partial charge < -0.3 is 33.5 Å². The molecule has 10 heteroatoms. The third-order valence-corrected chi connectivity index (χ3v) is 12.4. The fraction of sp³-hybridized carbons (Fsp3) is 0.743. The highest BCUT2D eigenvalue weighted by Gasteiger charge is 2.77. The van der Waals surface area contributed by atoms with Gasteiger partial charge in [-0.15, -0.1) is 0 Å². The second-order valence-electron chi connectivity index (χ2n) is 14.5. The normalized spacial score (nSPS) is 45.6. The number of carbonyl (C=O) groups excluding carboxylic acids is 3. The van der Waals surface area contributed by atoms with Gasteiger partial charge in [-0.25, -0.2) is 9.59 Å².